The topological polar surface area (TPSA) is 103 Å². The molecule has 2 heterocycles. The van der Waals surface area contributed by atoms with Gasteiger partial charge in [-0.2, -0.15) is 0 Å². The highest BCUT2D eigenvalue weighted by Crippen LogP contribution is 2.60. The van der Waals surface area contributed by atoms with Gasteiger partial charge in [-0.05, 0) is 73.2 Å². The molecule has 6 atom stereocenters. The summed E-state index contributed by atoms with van der Waals surface area (Å²) >= 11 is 11.0. The Labute approximate surface area is 290 Å². The van der Waals surface area contributed by atoms with Gasteiger partial charge in [-0.1, -0.05) is 72.1 Å². The first kappa shape index (κ1) is 31.2. The number of carbonyl (C=O) groups is 4. The van der Waals surface area contributed by atoms with Crippen molar-refractivity contribution >= 4 is 87.9 Å². The summed E-state index contributed by atoms with van der Waals surface area (Å²) in [5, 5.41) is 0.579. The number of amides is 2. The van der Waals surface area contributed by atoms with Crippen LogP contribution in [0.5, 0.6) is 5.75 Å². The molecule has 0 N–H and O–H groups in total. The van der Waals surface area contributed by atoms with Crippen LogP contribution in [0.15, 0.2) is 71.2 Å². The van der Waals surface area contributed by atoms with Gasteiger partial charge in [0.2, 0.25) is 11.8 Å². The maximum absolute atomic E-state index is 13.5. The van der Waals surface area contributed by atoms with E-state index in [1.807, 2.05) is 13.0 Å². The quantitative estimate of drug-likeness (QED) is 0.0836. The van der Waals surface area contributed by atoms with Gasteiger partial charge in [0, 0.05) is 30.6 Å². The average molecular weight is 811 g/mol. The number of pyridine rings is 1. The van der Waals surface area contributed by atoms with Gasteiger partial charge in [0.05, 0.1) is 41.4 Å². The highest BCUT2D eigenvalue weighted by atomic mass is 79.9. The lowest BCUT2D eigenvalue weighted by atomic mass is 9.81. The van der Waals surface area contributed by atoms with Crippen molar-refractivity contribution in [2.24, 2.45) is 23.7 Å². The number of carbonyl (C=O) groups excluding carboxylic acids is 4. The number of fused-ring (bicyclic) bond motifs is 6. The minimum absolute atomic E-state index is 0.133. The van der Waals surface area contributed by atoms with Crippen LogP contribution in [0.1, 0.15) is 32.7 Å². The van der Waals surface area contributed by atoms with Crippen molar-refractivity contribution in [2.75, 3.05) is 18.6 Å². The maximum atomic E-state index is 13.5. The highest BCUT2D eigenvalue weighted by Gasteiger charge is 2.66. The Bertz CT molecular complexity index is 1920. The minimum Gasteiger partial charge on any atom is -0.497 e. The van der Waals surface area contributed by atoms with Crippen molar-refractivity contribution in [2.45, 2.75) is 23.0 Å². The molecule has 2 bridgehead atoms. The average Bonchev–Trinajstić information content (AvgIpc) is 3.67. The van der Waals surface area contributed by atoms with E-state index in [2.05, 4.69) is 47.8 Å². The molecule has 8 nitrogen and oxygen atoms in total. The number of methoxy groups -OCH3 is 1. The van der Waals surface area contributed by atoms with Gasteiger partial charge in [0.1, 0.15) is 5.75 Å². The van der Waals surface area contributed by atoms with Crippen molar-refractivity contribution in [1.82, 2.24) is 4.98 Å². The van der Waals surface area contributed by atoms with Crippen LogP contribution < -0.4 is 9.64 Å². The number of aryl methyl sites for hydroxylation is 1. The van der Waals surface area contributed by atoms with Crippen molar-refractivity contribution in [3.63, 3.8) is 0 Å². The molecular weight excluding hydrogens is 784 g/mol. The van der Waals surface area contributed by atoms with Gasteiger partial charge in [0.15, 0.2) is 12.4 Å². The van der Waals surface area contributed by atoms with E-state index in [0.29, 0.717) is 39.2 Å². The molecule has 0 spiro atoms. The molecule has 1 aliphatic heterocycles. The second kappa shape index (κ2) is 12.0. The Morgan fingerprint density at radius 3 is 2.26 bits per heavy atom. The van der Waals surface area contributed by atoms with Crippen LogP contribution in [0.2, 0.25) is 0 Å². The lowest BCUT2D eigenvalue weighted by Gasteiger charge is -2.28. The fraction of sp³-hybridized carbons (Fsp3) is 0.286. The van der Waals surface area contributed by atoms with Gasteiger partial charge in [-0.15, -0.1) is 0 Å². The van der Waals surface area contributed by atoms with Crippen molar-refractivity contribution in [3.8, 4) is 17.0 Å². The summed E-state index contributed by atoms with van der Waals surface area (Å²) in [6.07, 6.45) is 0.870. The molecule has 2 aliphatic carbocycles. The van der Waals surface area contributed by atoms with Gasteiger partial charge < -0.3 is 9.47 Å². The summed E-state index contributed by atoms with van der Waals surface area (Å²) in [4.78, 5) is 59.9. The van der Waals surface area contributed by atoms with Crippen molar-refractivity contribution < 1.29 is 28.7 Å². The number of halogens is 3. The number of hydrogen-bond donors (Lipinski definition) is 0. The molecule has 3 fully saturated rings. The Balaban J connectivity index is 1.17. The molecule has 1 saturated heterocycles. The third-order valence-electron chi connectivity index (χ3n) is 9.42. The summed E-state index contributed by atoms with van der Waals surface area (Å²) in [5.41, 5.74) is 3.79. The van der Waals surface area contributed by atoms with Crippen LogP contribution in [0.4, 0.5) is 5.69 Å². The summed E-state index contributed by atoms with van der Waals surface area (Å²) in [6.45, 7) is 1.46. The zero-order valence-electron chi connectivity index (χ0n) is 24.7. The largest absolute Gasteiger partial charge is 0.497 e. The van der Waals surface area contributed by atoms with E-state index in [-0.39, 0.29) is 56.5 Å². The lowest BCUT2D eigenvalue weighted by molar-refractivity contribution is -0.123. The first-order valence-corrected chi connectivity index (χ1v) is 17.4. The van der Waals surface area contributed by atoms with Crippen molar-refractivity contribution in [3.05, 3.63) is 87.9 Å². The van der Waals surface area contributed by atoms with E-state index in [1.54, 1.807) is 60.7 Å². The molecule has 4 aromatic rings. The first-order valence-electron chi connectivity index (χ1n) is 14.8. The number of Topliss-reactive ketones (excluding diaryl/α,β-unsaturated/α-hetero) is 1. The number of esters is 1. The van der Waals surface area contributed by atoms with Gasteiger partial charge in [-0.3, -0.25) is 19.3 Å². The fourth-order valence-electron chi connectivity index (χ4n) is 7.25. The molecule has 2 saturated carbocycles. The number of benzene rings is 3. The smallest absolute Gasteiger partial charge is 0.339 e. The zero-order valence-corrected chi connectivity index (χ0v) is 29.5. The third kappa shape index (κ3) is 5.11. The van der Waals surface area contributed by atoms with Crippen LogP contribution in [0.25, 0.3) is 22.2 Å². The molecule has 11 heteroatoms. The summed E-state index contributed by atoms with van der Waals surface area (Å²) < 4.78 is 11.5. The van der Waals surface area contributed by atoms with Crippen LogP contribution in [0.3, 0.4) is 0 Å². The first-order chi connectivity index (χ1) is 22.1. The Morgan fingerprint density at radius 1 is 0.935 bits per heavy atom. The number of anilines is 1. The number of rotatable bonds is 7. The number of alkyl halides is 2. The fourth-order valence-corrected chi connectivity index (χ4v) is 9.69. The zero-order chi connectivity index (χ0) is 32.4. The molecule has 1 aromatic heterocycles. The lowest BCUT2D eigenvalue weighted by Crippen LogP contribution is -2.37. The normalized spacial score (nSPS) is 24.8. The Kier molecular flexibility index (Phi) is 8.13. The number of ether oxygens (including phenoxy) is 2. The van der Waals surface area contributed by atoms with Gasteiger partial charge in [0.25, 0.3) is 0 Å². The number of hydrogen-bond acceptors (Lipinski definition) is 7. The molecule has 46 heavy (non-hydrogen) atoms. The van der Waals surface area contributed by atoms with E-state index >= 15 is 0 Å². The summed E-state index contributed by atoms with van der Waals surface area (Å²) in [7, 11) is 1.51. The van der Waals surface area contributed by atoms with E-state index in [0.717, 1.165) is 16.5 Å². The van der Waals surface area contributed by atoms with Crippen molar-refractivity contribution in [1.29, 1.82) is 0 Å². The summed E-state index contributed by atoms with van der Waals surface area (Å²) in [5.74, 6) is -1.11. The Morgan fingerprint density at radius 2 is 1.61 bits per heavy atom. The Hall–Kier alpha value is -3.41. The number of nitrogens with zero attached hydrogens (tertiary/aromatic N) is 2. The highest BCUT2D eigenvalue weighted by molar-refractivity contribution is 9.12. The third-order valence-corrected chi connectivity index (χ3v) is 13.1. The minimum atomic E-state index is -0.663. The molecule has 7 rings (SSSR count). The van der Waals surface area contributed by atoms with Crippen LogP contribution in [0, 0.1) is 30.6 Å². The standard InChI is InChI=1S/C35H27Br3N2O6/c1-16-10-19(36)12-22-23(35(44)46-15-27(41)18-4-3-5-21(11-18)45-2)14-26(39-32(16)22)17-6-8-20(9-7-17)40-33(42)28-24-13-25(29(28)34(40)43)31(38)30(24)37/h3-12,14,24-25,28-31H,13,15H2,1-2H3. The van der Waals surface area contributed by atoms with E-state index in [9.17, 15) is 19.2 Å². The van der Waals surface area contributed by atoms with Gasteiger partial charge >= 0.3 is 5.97 Å². The van der Waals surface area contributed by atoms with E-state index < -0.39 is 12.6 Å². The second-order valence-electron chi connectivity index (χ2n) is 12.0. The number of ketones is 1. The monoisotopic (exact) mass is 808 g/mol. The van der Waals surface area contributed by atoms with Gasteiger partial charge in [-0.25, -0.2) is 9.78 Å². The molecule has 3 aliphatic rings. The molecule has 6 unspecified atom stereocenters. The van der Waals surface area contributed by atoms with Crippen LogP contribution in [-0.4, -0.2) is 51.9 Å². The predicted octanol–water partition coefficient (Wildman–Crippen LogP) is 7.30. The second-order valence-corrected chi connectivity index (χ2v) is 15.0. The SMILES string of the molecule is COc1cccc(C(=O)COC(=O)c2cc(-c3ccc(N4C(=O)C5C6CC(C(Br)C6Br)C5C4=O)cc3)nc3c(C)cc(Br)cc23)c1. The maximum Gasteiger partial charge on any atom is 0.339 e. The number of aromatic nitrogens is 1. The summed E-state index contributed by atoms with van der Waals surface area (Å²) in [6, 6.07) is 19.1. The molecular formula is C35H27Br3N2O6. The molecule has 2 amide bonds. The predicted molar refractivity (Wildman–Crippen MR) is 184 cm³/mol. The molecule has 0 radical (unpaired) electrons. The number of imide groups is 1. The van der Waals surface area contributed by atoms with Crippen LogP contribution in [-0.2, 0) is 14.3 Å². The van der Waals surface area contributed by atoms with E-state index in [1.165, 1.54) is 12.0 Å². The van der Waals surface area contributed by atoms with Crippen LogP contribution >= 0.6 is 47.8 Å². The van der Waals surface area contributed by atoms with E-state index in [4.69, 9.17) is 14.5 Å². The molecule has 234 valence electrons. The molecule has 3 aromatic carbocycles.